The van der Waals surface area contributed by atoms with Gasteiger partial charge >= 0.3 is 0 Å². The lowest BCUT2D eigenvalue weighted by atomic mass is 10.6. The van der Waals surface area contributed by atoms with Crippen molar-refractivity contribution in [2.45, 2.75) is 0 Å². The Bertz CT molecular complexity index is 115. The molecular weight excluding hydrogens is 134 g/mol. The van der Waals surface area contributed by atoms with E-state index < -0.39 is 0 Å². The topological polar surface area (TPSA) is 71.1 Å². The summed E-state index contributed by atoms with van der Waals surface area (Å²) in [6, 6.07) is 0. The first-order valence-corrected chi connectivity index (χ1v) is 2.90. The number of likely N-dealkylation sites (N-methyl/N-ethyl adjacent to an activating group) is 1. The zero-order valence-corrected chi connectivity index (χ0v) is 6.24. The van der Waals surface area contributed by atoms with Crippen molar-refractivity contribution in [2.24, 2.45) is 10.9 Å². The van der Waals surface area contributed by atoms with Crippen molar-refractivity contribution >= 4 is 5.96 Å². The van der Waals surface area contributed by atoms with E-state index >= 15 is 0 Å². The maximum absolute atomic E-state index is 8.19. The third-order valence-electron chi connectivity index (χ3n) is 1.12. The zero-order valence-electron chi connectivity index (χ0n) is 6.24. The summed E-state index contributed by atoms with van der Waals surface area (Å²) in [6.45, 7) is 1.18. The highest BCUT2D eigenvalue weighted by molar-refractivity contribution is 5.76. The van der Waals surface area contributed by atoms with Gasteiger partial charge in [-0.15, -0.1) is 0 Å². The van der Waals surface area contributed by atoms with Gasteiger partial charge in [-0.2, -0.15) is 0 Å². The van der Waals surface area contributed by atoms with Crippen LogP contribution in [-0.2, 0) is 4.74 Å². The number of rotatable bonds is 3. The maximum Gasteiger partial charge on any atom is 0.233 e. The highest BCUT2D eigenvalue weighted by Gasteiger charge is 1.99. The molecule has 0 bridgehead atoms. The predicted octanol–water partition coefficient (Wildman–Crippen LogP) is -0.731. The van der Waals surface area contributed by atoms with E-state index in [1.54, 1.807) is 19.1 Å². The molecule has 0 aliphatic heterocycles. The van der Waals surface area contributed by atoms with Gasteiger partial charge in [0.1, 0.15) is 0 Å². The van der Waals surface area contributed by atoms with Gasteiger partial charge in [-0.3, -0.25) is 0 Å². The Balaban J connectivity index is 3.51. The van der Waals surface area contributed by atoms with E-state index in [0.717, 1.165) is 0 Å². The number of oxime groups is 1. The van der Waals surface area contributed by atoms with Gasteiger partial charge in [0.15, 0.2) is 0 Å². The molecule has 0 heterocycles. The second-order valence-corrected chi connectivity index (χ2v) is 1.87. The number of nitrogens with zero attached hydrogens (tertiary/aromatic N) is 2. The summed E-state index contributed by atoms with van der Waals surface area (Å²) in [5.74, 6) is 0.0945. The molecule has 0 rings (SSSR count). The van der Waals surface area contributed by atoms with Gasteiger partial charge in [0.05, 0.1) is 6.61 Å². The van der Waals surface area contributed by atoms with Gasteiger partial charge in [-0.05, 0) is 0 Å². The van der Waals surface area contributed by atoms with Crippen LogP contribution >= 0.6 is 0 Å². The third kappa shape index (κ3) is 3.13. The third-order valence-corrected chi connectivity index (χ3v) is 1.12. The molecule has 0 saturated heterocycles. The summed E-state index contributed by atoms with van der Waals surface area (Å²) in [5.41, 5.74) is 5.23. The molecule has 0 amide bonds. The maximum atomic E-state index is 8.19. The van der Waals surface area contributed by atoms with E-state index in [0.29, 0.717) is 13.2 Å². The van der Waals surface area contributed by atoms with Crippen molar-refractivity contribution in [1.82, 2.24) is 4.90 Å². The van der Waals surface area contributed by atoms with Crippen LogP contribution in [0.4, 0.5) is 0 Å². The van der Waals surface area contributed by atoms with E-state index in [1.807, 2.05) is 0 Å². The van der Waals surface area contributed by atoms with Crippen LogP contribution in [-0.4, -0.2) is 43.4 Å². The monoisotopic (exact) mass is 147 g/mol. The summed E-state index contributed by atoms with van der Waals surface area (Å²) in [6.07, 6.45) is 0. The molecular formula is C5H13N3O2. The fourth-order valence-corrected chi connectivity index (χ4v) is 0.419. The molecule has 5 nitrogen and oxygen atoms in total. The van der Waals surface area contributed by atoms with E-state index in [4.69, 9.17) is 15.7 Å². The highest BCUT2D eigenvalue weighted by Crippen LogP contribution is 1.80. The molecule has 0 aromatic heterocycles. The Morgan fingerprint density at radius 1 is 1.80 bits per heavy atom. The van der Waals surface area contributed by atoms with Crippen LogP contribution in [0.2, 0.25) is 0 Å². The van der Waals surface area contributed by atoms with Gasteiger partial charge in [-0.1, -0.05) is 5.16 Å². The molecule has 0 unspecified atom stereocenters. The molecule has 0 aliphatic rings. The summed E-state index contributed by atoms with van der Waals surface area (Å²) < 4.78 is 4.77. The van der Waals surface area contributed by atoms with Crippen LogP contribution in [0, 0.1) is 0 Å². The highest BCUT2D eigenvalue weighted by atomic mass is 16.5. The standard InChI is InChI=1S/C5H13N3O2/c1-8(3-4-10-2)5(6)7-9/h9H,3-4H2,1-2H3,(H2,6,7). The summed E-state index contributed by atoms with van der Waals surface area (Å²) >= 11 is 0. The Morgan fingerprint density at radius 3 is 2.80 bits per heavy atom. The molecule has 0 aliphatic carbocycles. The number of nitrogens with two attached hydrogens (primary N) is 1. The Labute approximate surface area is 60.1 Å². The van der Waals surface area contributed by atoms with E-state index in [2.05, 4.69) is 5.16 Å². The van der Waals surface area contributed by atoms with Crippen molar-refractivity contribution < 1.29 is 9.94 Å². The molecule has 0 spiro atoms. The second kappa shape index (κ2) is 4.87. The number of ether oxygens (including phenoxy) is 1. The van der Waals surface area contributed by atoms with Crippen molar-refractivity contribution in [3.05, 3.63) is 0 Å². The number of guanidine groups is 1. The van der Waals surface area contributed by atoms with Crippen LogP contribution in [0.25, 0.3) is 0 Å². The van der Waals surface area contributed by atoms with Gasteiger partial charge in [-0.25, -0.2) is 0 Å². The molecule has 10 heavy (non-hydrogen) atoms. The molecule has 0 saturated carbocycles. The molecule has 60 valence electrons. The molecule has 3 N–H and O–H groups in total. The normalized spacial score (nSPS) is 11.6. The van der Waals surface area contributed by atoms with Crippen LogP contribution < -0.4 is 5.73 Å². The van der Waals surface area contributed by atoms with Crippen LogP contribution in [0.15, 0.2) is 5.16 Å². The number of hydrogen-bond acceptors (Lipinski definition) is 3. The summed E-state index contributed by atoms with van der Waals surface area (Å²) in [5, 5.41) is 11.0. The number of hydrogen-bond donors (Lipinski definition) is 2. The minimum absolute atomic E-state index is 0.0945. The fourth-order valence-electron chi connectivity index (χ4n) is 0.419. The van der Waals surface area contributed by atoms with E-state index in [-0.39, 0.29) is 5.96 Å². The lowest BCUT2D eigenvalue weighted by molar-refractivity contribution is 0.180. The lowest BCUT2D eigenvalue weighted by Crippen LogP contribution is -2.36. The minimum Gasteiger partial charge on any atom is -0.408 e. The largest absolute Gasteiger partial charge is 0.408 e. The van der Waals surface area contributed by atoms with E-state index in [9.17, 15) is 0 Å². The Kier molecular flexibility index (Phi) is 4.39. The van der Waals surface area contributed by atoms with Crippen LogP contribution in [0.3, 0.4) is 0 Å². The predicted molar refractivity (Wildman–Crippen MR) is 37.9 cm³/mol. The van der Waals surface area contributed by atoms with Crippen molar-refractivity contribution in [3.63, 3.8) is 0 Å². The van der Waals surface area contributed by atoms with Gasteiger partial charge in [0.25, 0.3) is 0 Å². The molecule has 0 aromatic rings. The van der Waals surface area contributed by atoms with Crippen LogP contribution in [0.1, 0.15) is 0 Å². The fraction of sp³-hybridized carbons (Fsp3) is 0.800. The second-order valence-electron chi connectivity index (χ2n) is 1.87. The van der Waals surface area contributed by atoms with Crippen molar-refractivity contribution in [2.75, 3.05) is 27.3 Å². The molecule has 0 aromatic carbocycles. The van der Waals surface area contributed by atoms with Gasteiger partial charge in [0, 0.05) is 20.7 Å². The summed E-state index contributed by atoms with van der Waals surface area (Å²) in [4.78, 5) is 1.59. The first-order valence-electron chi connectivity index (χ1n) is 2.90. The Morgan fingerprint density at radius 2 is 2.40 bits per heavy atom. The van der Waals surface area contributed by atoms with Gasteiger partial charge < -0.3 is 20.6 Å². The number of methoxy groups -OCH3 is 1. The average Bonchev–Trinajstić information content (AvgIpc) is 1.98. The smallest absolute Gasteiger partial charge is 0.233 e. The Hall–Kier alpha value is -0.970. The molecule has 0 radical (unpaired) electrons. The van der Waals surface area contributed by atoms with Gasteiger partial charge in [0.2, 0.25) is 5.96 Å². The lowest BCUT2D eigenvalue weighted by Gasteiger charge is -2.14. The van der Waals surface area contributed by atoms with Crippen molar-refractivity contribution in [3.8, 4) is 0 Å². The minimum atomic E-state index is 0.0945. The quantitative estimate of drug-likeness (QED) is 0.239. The summed E-state index contributed by atoms with van der Waals surface area (Å²) in [7, 11) is 3.31. The first kappa shape index (κ1) is 9.03. The molecule has 0 atom stereocenters. The zero-order chi connectivity index (χ0) is 7.98. The first-order chi connectivity index (χ1) is 4.72. The molecule has 5 heteroatoms. The SMILES string of the molecule is COCCN(C)/C(N)=N/O. The van der Waals surface area contributed by atoms with Crippen LogP contribution in [0.5, 0.6) is 0 Å². The average molecular weight is 147 g/mol. The molecule has 0 fully saturated rings. The van der Waals surface area contributed by atoms with Crippen molar-refractivity contribution in [1.29, 1.82) is 0 Å². The van der Waals surface area contributed by atoms with E-state index in [1.165, 1.54) is 0 Å².